The van der Waals surface area contributed by atoms with Crippen molar-refractivity contribution in [1.29, 1.82) is 0 Å². The monoisotopic (exact) mass is 228 g/mol. The number of hydrogen-bond donors (Lipinski definition) is 0. The first kappa shape index (κ1) is 11.9. The summed E-state index contributed by atoms with van der Waals surface area (Å²) < 4.78 is 2.07. The molecule has 0 aliphatic heterocycles. The molecule has 90 valence electrons. The number of rotatable bonds is 1. The van der Waals surface area contributed by atoms with E-state index in [1.165, 1.54) is 11.1 Å². The van der Waals surface area contributed by atoms with Gasteiger partial charge in [0.15, 0.2) is 0 Å². The Hall–Kier alpha value is -1.57. The molecule has 1 aromatic heterocycles. The van der Waals surface area contributed by atoms with Gasteiger partial charge in [-0.25, -0.2) is 4.98 Å². The predicted molar refractivity (Wildman–Crippen MR) is 72.1 cm³/mol. The lowest BCUT2D eigenvalue weighted by molar-refractivity contribution is 0.590. The van der Waals surface area contributed by atoms with Crippen molar-refractivity contribution in [2.24, 2.45) is 7.05 Å². The molecule has 0 saturated carbocycles. The van der Waals surface area contributed by atoms with E-state index >= 15 is 0 Å². The molecule has 1 heterocycles. The Morgan fingerprint density at radius 1 is 1.06 bits per heavy atom. The quantitative estimate of drug-likeness (QED) is 0.728. The minimum atomic E-state index is 0.204. The van der Waals surface area contributed by atoms with E-state index < -0.39 is 0 Å². The maximum atomic E-state index is 4.54. The van der Waals surface area contributed by atoms with Crippen molar-refractivity contribution in [3.8, 4) is 11.4 Å². The second-order valence-corrected chi connectivity index (χ2v) is 5.64. The first-order chi connectivity index (χ1) is 7.88. The molecule has 0 atom stereocenters. The Morgan fingerprint density at radius 3 is 2.06 bits per heavy atom. The van der Waals surface area contributed by atoms with E-state index in [0.29, 0.717) is 0 Å². The van der Waals surface area contributed by atoms with Gasteiger partial charge in [-0.1, -0.05) is 45.0 Å². The largest absolute Gasteiger partial charge is 0.334 e. The van der Waals surface area contributed by atoms with Crippen LogP contribution < -0.4 is 0 Å². The summed E-state index contributed by atoms with van der Waals surface area (Å²) in [6.45, 7) is 8.71. The average molecular weight is 228 g/mol. The summed E-state index contributed by atoms with van der Waals surface area (Å²) in [5, 5.41) is 0. The van der Waals surface area contributed by atoms with E-state index in [-0.39, 0.29) is 5.41 Å². The topological polar surface area (TPSA) is 17.8 Å². The summed E-state index contributed by atoms with van der Waals surface area (Å²) in [6, 6.07) is 8.70. The van der Waals surface area contributed by atoms with Crippen LogP contribution in [0.4, 0.5) is 0 Å². The van der Waals surface area contributed by atoms with Gasteiger partial charge in [-0.15, -0.1) is 0 Å². The van der Waals surface area contributed by atoms with Crippen LogP contribution in [-0.4, -0.2) is 9.55 Å². The minimum Gasteiger partial charge on any atom is -0.334 e. The zero-order chi connectivity index (χ0) is 12.6. The van der Waals surface area contributed by atoms with Crippen LogP contribution in [-0.2, 0) is 12.5 Å². The van der Waals surface area contributed by atoms with Crippen molar-refractivity contribution in [1.82, 2.24) is 9.55 Å². The molecule has 0 bridgehead atoms. The van der Waals surface area contributed by atoms with Crippen LogP contribution in [0.1, 0.15) is 32.0 Å². The smallest absolute Gasteiger partial charge is 0.139 e. The molecule has 0 aliphatic rings. The maximum absolute atomic E-state index is 4.54. The molecule has 0 N–H and O–H groups in total. The fourth-order valence-corrected chi connectivity index (χ4v) is 2.00. The fourth-order valence-electron chi connectivity index (χ4n) is 2.00. The summed E-state index contributed by atoms with van der Waals surface area (Å²) >= 11 is 0. The standard InChI is InChI=1S/C15H20N2/c1-11-10-17(5)14(16-11)12-6-8-13(9-7-12)15(2,3)4/h6-10H,1-5H3. The van der Waals surface area contributed by atoms with Crippen molar-refractivity contribution in [2.75, 3.05) is 0 Å². The molecule has 0 radical (unpaired) electrons. The Labute approximate surface area is 103 Å². The molecule has 0 saturated heterocycles. The van der Waals surface area contributed by atoms with E-state index in [1.807, 2.05) is 20.2 Å². The highest BCUT2D eigenvalue weighted by atomic mass is 15.0. The van der Waals surface area contributed by atoms with Crippen molar-refractivity contribution in [3.05, 3.63) is 41.7 Å². The summed E-state index contributed by atoms with van der Waals surface area (Å²) in [5.74, 6) is 1.03. The van der Waals surface area contributed by atoms with Crippen LogP contribution in [0.25, 0.3) is 11.4 Å². The lowest BCUT2D eigenvalue weighted by Gasteiger charge is -2.19. The average Bonchev–Trinajstić information content (AvgIpc) is 2.57. The van der Waals surface area contributed by atoms with Crippen LogP contribution in [0.3, 0.4) is 0 Å². The Balaban J connectivity index is 2.39. The van der Waals surface area contributed by atoms with E-state index in [4.69, 9.17) is 0 Å². The molecule has 0 aliphatic carbocycles. The summed E-state index contributed by atoms with van der Waals surface area (Å²) in [7, 11) is 2.03. The summed E-state index contributed by atoms with van der Waals surface area (Å²) in [6.07, 6.45) is 2.05. The highest BCUT2D eigenvalue weighted by Gasteiger charge is 2.13. The van der Waals surface area contributed by atoms with Crippen molar-refractivity contribution < 1.29 is 0 Å². The van der Waals surface area contributed by atoms with Crippen LogP contribution in [0, 0.1) is 6.92 Å². The first-order valence-electron chi connectivity index (χ1n) is 5.99. The molecule has 0 spiro atoms. The summed E-state index contributed by atoms with van der Waals surface area (Å²) in [5.41, 5.74) is 3.79. The number of nitrogens with zero attached hydrogens (tertiary/aromatic N) is 2. The van der Waals surface area contributed by atoms with Crippen molar-refractivity contribution >= 4 is 0 Å². The minimum absolute atomic E-state index is 0.204. The van der Waals surface area contributed by atoms with Gasteiger partial charge in [-0.05, 0) is 17.9 Å². The first-order valence-corrected chi connectivity index (χ1v) is 5.99. The molecule has 0 fully saturated rings. The SMILES string of the molecule is Cc1cn(C)c(-c2ccc(C(C)(C)C)cc2)n1. The molecule has 0 unspecified atom stereocenters. The zero-order valence-corrected chi connectivity index (χ0v) is 11.3. The molecular weight excluding hydrogens is 208 g/mol. The number of benzene rings is 1. The number of hydrogen-bond acceptors (Lipinski definition) is 1. The molecule has 0 amide bonds. The lowest BCUT2D eigenvalue weighted by Crippen LogP contribution is -2.10. The molecule has 2 nitrogen and oxygen atoms in total. The molecule has 1 aromatic carbocycles. The molecular formula is C15H20N2. The molecule has 2 rings (SSSR count). The van der Waals surface area contributed by atoms with Gasteiger partial charge in [0.05, 0.1) is 5.69 Å². The van der Waals surface area contributed by atoms with E-state index in [0.717, 1.165) is 11.5 Å². The zero-order valence-electron chi connectivity index (χ0n) is 11.3. The highest BCUT2D eigenvalue weighted by molar-refractivity contribution is 5.56. The number of aromatic nitrogens is 2. The Kier molecular flexibility index (Phi) is 2.82. The van der Waals surface area contributed by atoms with Gasteiger partial charge < -0.3 is 4.57 Å². The van der Waals surface area contributed by atoms with Crippen LogP contribution in [0.15, 0.2) is 30.5 Å². The molecule has 2 heteroatoms. The third-order valence-corrected chi connectivity index (χ3v) is 3.01. The second-order valence-electron chi connectivity index (χ2n) is 5.64. The Morgan fingerprint density at radius 2 is 1.65 bits per heavy atom. The molecule has 17 heavy (non-hydrogen) atoms. The lowest BCUT2D eigenvalue weighted by atomic mass is 9.87. The van der Waals surface area contributed by atoms with Gasteiger partial charge in [-0.3, -0.25) is 0 Å². The number of imidazole rings is 1. The third kappa shape index (κ3) is 2.41. The van der Waals surface area contributed by atoms with Crippen LogP contribution in [0.2, 0.25) is 0 Å². The van der Waals surface area contributed by atoms with Crippen molar-refractivity contribution in [2.45, 2.75) is 33.1 Å². The normalized spacial score (nSPS) is 11.8. The van der Waals surface area contributed by atoms with Gasteiger partial charge >= 0.3 is 0 Å². The van der Waals surface area contributed by atoms with Gasteiger partial charge in [0.25, 0.3) is 0 Å². The van der Waals surface area contributed by atoms with Gasteiger partial charge in [0, 0.05) is 18.8 Å². The van der Waals surface area contributed by atoms with Gasteiger partial charge in [-0.2, -0.15) is 0 Å². The van der Waals surface area contributed by atoms with Gasteiger partial charge in [0.2, 0.25) is 0 Å². The van der Waals surface area contributed by atoms with Crippen LogP contribution >= 0.6 is 0 Å². The second kappa shape index (κ2) is 4.02. The number of aryl methyl sites for hydroxylation is 2. The van der Waals surface area contributed by atoms with E-state index in [9.17, 15) is 0 Å². The Bertz CT molecular complexity index is 513. The third-order valence-electron chi connectivity index (χ3n) is 3.01. The fraction of sp³-hybridized carbons (Fsp3) is 0.400. The van der Waals surface area contributed by atoms with Gasteiger partial charge in [0.1, 0.15) is 5.82 Å². The predicted octanol–water partition coefficient (Wildman–Crippen LogP) is 3.69. The van der Waals surface area contributed by atoms with Crippen LogP contribution in [0.5, 0.6) is 0 Å². The maximum Gasteiger partial charge on any atom is 0.139 e. The van der Waals surface area contributed by atoms with E-state index in [1.54, 1.807) is 0 Å². The summed E-state index contributed by atoms with van der Waals surface area (Å²) in [4.78, 5) is 4.54. The highest BCUT2D eigenvalue weighted by Crippen LogP contribution is 2.25. The molecule has 2 aromatic rings. The van der Waals surface area contributed by atoms with E-state index in [2.05, 4.69) is 54.6 Å². The van der Waals surface area contributed by atoms with Crippen molar-refractivity contribution in [3.63, 3.8) is 0 Å².